The summed E-state index contributed by atoms with van der Waals surface area (Å²) in [6, 6.07) is 25.3. The molecule has 1 aliphatic rings. The Balaban J connectivity index is 1.33. The summed E-state index contributed by atoms with van der Waals surface area (Å²) in [6.07, 6.45) is -2.95. The van der Waals surface area contributed by atoms with Crippen LogP contribution in [0.2, 0.25) is 0 Å². The van der Waals surface area contributed by atoms with E-state index in [0.717, 1.165) is 21.7 Å². The monoisotopic (exact) mass is 533 g/mol. The smallest absolute Gasteiger partial charge is 0.419 e. The second-order valence-electron chi connectivity index (χ2n) is 8.87. The van der Waals surface area contributed by atoms with Crippen molar-refractivity contribution in [3.05, 3.63) is 96.1 Å². The van der Waals surface area contributed by atoms with Crippen molar-refractivity contribution >= 4 is 29.5 Å². The number of rotatable bonds is 10. The van der Waals surface area contributed by atoms with Crippen LogP contribution in [0.3, 0.4) is 0 Å². The van der Waals surface area contributed by atoms with Gasteiger partial charge in [-0.25, -0.2) is 14.5 Å². The first-order valence-electron chi connectivity index (χ1n) is 12.6. The summed E-state index contributed by atoms with van der Waals surface area (Å²) >= 11 is 0. The lowest BCUT2D eigenvalue weighted by atomic mass is 10.2. The largest absolute Gasteiger partial charge is 0.444 e. The van der Waals surface area contributed by atoms with Crippen molar-refractivity contribution in [3.8, 4) is 0 Å². The number of hydrogen-bond acceptors (Lipinski definition) is 8. The number of aliphatic hydroxyl groups excluding tert-OH is 1. The highest BCUT2D eigenvalue weighted by Gasteiger charge is 2.27. The van der Waals surface area contributed by atoms with Crippen LogP contribution in [0, 0.1) is 0 Å². The summed E-state index contributed by atoms with van der Waals surface area (Å²) in [5, 5.41) is 13.7. The molecule has 0 unspecified atom stereocenters. The molecule has 204 valence electrons. The summed E-state index contributed by atoms with van der Waals surface area (Å²) in [5.74, 6) is -0.101. The van der Waals surface area contributed by atoms with Gasteiger partial charge < -0.3 is 29.5 Å². The van der Waals surface area contributed by atoms with E-state index in [9.17, 15) is 19.5 Å². The molecule has 39 heavy (non-hydrogen) atoms. The first-order valence-corrected chi connectivity index (χ1v) is 12.6. The Hall–Kier alpha value is -4.41. The van der Waals surface area contributed by atoms with E-state index in [0.29, 0.717) is 18.8 Å². The zero-order valence-corrected chi connectivity index (χ0v) is 21.4. The molecular formula is C29H31N3O7. The van der Waals surface area contributed by atoms with E-state index in [2.05, 4.69) is 5.32 Å². The summed E-state index contributed by atoms with van der Waals surface area (Å²) in [7, 11) is 0. The molecule has 3 amide bonds. The van der Waals surface area contributed by atoms with Crippen LogP contribution in [0.1, 0.15) is 11.1 Å². The van der Waals surface area contributed by atoms with E-state index in [1.807, 2.05) is 36.4 Å². The SMILES string of the molecule is O=C(OCc1ccccc1)N(C[C@H](O)CNc1ccc(N2CCOCC2=O)cc1)C(=O)OCc1ccccc1. The van der Waals surface area contributed by atoms with Crippen LogP contribution in [0.25, 0.3) is 0 Å². The highest BCUT2D eigenvalue weighted by atomic mass is 16.6. The molecule has 1 saturated heterocycles. The van der Waals surface area contributed by atoms with Crippen molar-refractivity contribution < 1.29 is 33.7 Å². The number of anilines is 2. The fourth-order valence-corrected chi connectivity index (χ4v) is 3.88. The van der Waals surface area contributed by atoms with Crippen molar-refractivity contribution in [2.45, 2.75) is 19.3 Å². The standard InChI is InChI=1S/C29H31N3O7/c33-26(17-30-24-11-13-25(14-12-24)31-15-16-37-21-27(31)34)18-32(28(35)38-19-22-7-3-1-4-8-22)29(36)39-20-23-9-5-2-6-10-23/h1-14,26,30,33H,15-21H2/t26-/m1/s1. The van der Waals surface area contributed by atoms with Crippen molar-refractivity contribution in [1.29, 1.82) is 0 Å². The van der Waals surface area contributed by atoms with Crippen molar-refractivity contribution in [2.24, 2.45) is 0 Å². The first kappa shape index (κ1) is 27.6. The van der Waals surface area contributed by atoms with E-state index >= 15 is 0 Å². The zero-order valence-electron chi connectivity index (χ0n) is 21.4. The van der Waals surface area contributed by atoms with Gasteiger partial charge in [0.05, 0.1) is 19.3 Å². The third-order valence-corrected chi connectivity index (χ3v) is 5.95. The lowest BCUT2D eigenvalue weighted by Gasteiger charge is -2.27. The Kier molecular flexibility index (Phi) is 9.87. The van der Waals surface area contributed by atoms with Gasteiger partial charge in [-0.3, -0.25) is 4.79 Å². The minimum Gasteiger partial charge on any atom is -0.444 e. The van der Waals surface area contributed by atoms with Gasteiger partial charge in [0.15, 0.2) is 0 Å². The minimum absolute atomic E-state index is 0.0333. The maximum Gasteiger partial charge on any atom is 0.419 e. The highest BCUT2D eigenvalue weighted by molar-refractivity contribution is 5.95. The number of amides is 3. The number of hydrogen-bond donors (Lipinski definition) is 2. The molecule has 2 N–H and O–H groups in total. The van der Waals surface area contributed by atoms with Gasteiger partial charge in [0, 0.05) is 24.5 Å². The number of nitrogens with one attached hydrogen (secondary N) is 1. The molecule has 3 aromatic rings. The summed E-state index contributed by atoms with van der Waals surface area (Å²) in [6.45, 7) is 0.670. The fourth-order valence-electron chi connectivity index (χ4n) is 3.88. The topological polar surface area (TPSA) is 118 Å². The lowest BCUT2D eigenvalue weighted by Crippen LogP contribution is -2.44. The second kappa shape index (κ2) is 13.9. The molecule has 0 saturated carbocycles. The number of benzene rings is 3. The van der Waals surface area contributed by atoms with Crippen LogP contribution in [-0.4, -0.2) is 67.1 Å². The van der Waals surface area contributed by atoms with Gasteiger partial charge in [-0.1, -0.05) is 60.7 Å². The van der Waals surface area contributed by atoms with Gasteiger partial charge >= 0.3 is 12.2 Å². The zero-order chi connectivity index (χ0) is 27.5. The summed E-state index contributed by atoms with van der Waals surface area (Å²) in [5.41, 5.74) is 2.96. The quantitative estimate of drug-likeness (QED) is 0.404. The molecule has 0 bridgehead atoms. The average molecular weight is 534 g/mol. The van der Waals surface area contributed by atoms with Crippen LogP contribution in [-0.2, 0) is 32.2 Å². The number of carbonyl (C=O) groups excluding carboxylic acids is 3. The molecule has 1 atom stereocenters. The van der Waals surface area contributed by atoms with Crippen LogP contribution in [0.4, 0.5) is 21.0 Å². The van der Waals surface area contributed by atoms with E-state index < -0.39 is 18.3 Å². The molecule has 1 heterocycles. The van der Waals surface area contributed by atoms with Gasteiger partial charge in [0.2, 0.25) is 0 Å². The summed E-state index contributed by atoms with van der Waals surface area (Å²) in [4.78, 5) is 40.1. The van der Waals surface area contributed by atoms with Crippen LogP contribution < -0.4 is 10.2 Å². The van der Waals surface area contributed by atoms with E-state index in [1.54, 1.807) is 53.4 Å². The van der Waals surface area contributed by atoms with Crippen LogP contribution in [0.15, 0.2) is 84.9 Å². The van der Waals surface area contributed by atoms with Crippen LogP contribution >= 0.6 is 0 Å². The number of morpholine rings is 1. The normalized spacial score (nSPS) is 13.9. The molecule has 0 aliphatic carbocycles. The van der Waals surface area contributed by atoms with Crippen molar-refractivity contribution in [2.75, 3.05) is 43.1 Å². The number of aliphatic hydroxyl groups is 1. The number of carbonyl (C=O) groups is 3. The van der Waals surface area contributed by atoms with Gasteiger partial charge in [-0.15, -0.1) is 0 Å². The number of ether oxygens (including phenoxy) is 3. The second-order valence-corrected chi connectivity index (χ2v) is 8.87. The molecule has 1 aliphatic heterocycles. The molecule has 0 radical (unpaired) electrons. The average Bonchev–Trinajstić information content (AvgIpc) is 2.98. The van der Waals surface area contributed by atoms with E-state index in [1.165, 1.54) is 0 Å². The first-order chi connectivity index (χ1) is 19.0. The number of nitrogens with zero attached hydrogens (tertiary/aromatic N) is 2. The Morgan fingerprint density at radius 1 is 0.897 bits per heavy atom. The maximum absolute atomic E-state index is 12.8. The van der Waals surface area contributed by atoms with Gasteiger partial charge in [0.25, 0.3) is 5.91 Å². The van der Waals surface area contributed by atoms with Gasteiger partial charge in [0.1, 0.15) is 19.8 Å². The molecule has 3 aromatic carbocycles. The highest BCUT2D eigenvalue weighted by Crippen LogP contribution is 2.20. The van der Waals surface area contributed by atoms with Crippen molar-refractivity contribution in [3.63, 3.8) is 0 Å². The minimum atomic E-state index is -1.11. The molecule has 1 fully saturated rings. The predicted octanol–water partition coefficient (Wildman–Crippen LogP) is 3.80. The predicted molar refractivity (Wildman–Crippen MR) is 144 cm³/mol. The third-order valence-electron chi connectivity index (χ3n) is 5.95. The van der Waals surface area contributed by atoms with Crippen molar-refractivity contribution in [1.82, 2.24) is 4.90 Å². The lowest BCUT2D eigenvalue weighted by molar-refractivity contribution is -0.125. The Labute approximate surface area is 226 Å². The Morgan fingerprint density at radius 3 is 2.00 bits per heavy atom. The molecule has 10 nitrogen and oxygen atoms in total. The Bertz CT molecular complexity index is 1170. The molecule has 0 spiro atoms. The van der Waals surface area contributed by atoms with Crippen LogP contribution in [0.5, 0.6) is 0 Å². The van der Waals surface area contributed by atoms with Gasteiger partial charge in [-0.2, -0.15) is 0 Å². The Morgan fingerprint density at radius 2 is 1.46 bits per heavy atom. The molecule has 10 heteroatoms. The fraction of sp³-hybridized carbons (Fsp3) is 0.276. The van der Waals surface area contributed by atoms with E-state index in [-0.39, 0.29) is 38.8 Å². The van der Waals surface area contributed by atoms with E-state index in [4.69, 9.17) is 14.2 Å². The molecule has 4 rings (SSSR count). The summed E-state index contributed by atoms with van der Waals surface area (Å²) < 4.78 is 15.8. The maximum atomic E-state index is 12.8. The van der Waals surface area contributed by atoms with Gasteiger partial charge in [-0.05, 0) is 35.4 Å². The third kappa shape index (κ3) is 8.29. The molecular weight excluding hydrogens is 502 g/mol. The number of imide groups is 1. The molecule has 0 aromatic heterocycles.